The van der Waals surface area contributed by atoms with Gasteiger partial charge in [-0.15, -0.1) is 0 Å². The Morgan fingerprint density at radius 1 is 1.23 bits per heavy atom. The van der Waals surface area contributed by atoms with E-state index in [9.17, 15) is 9.59 Å². The third-order valence-electron chi connectivity index (χ3n) is 2.64. The maximum absolute atomic E-state index is 11.5. The van der Waals surface area contributed by atoms with Crippen molar-refractivity contribution in [2.24, 2.45) is 0 Å². The van der Waals surface area contributed by atoms with Gasteiger partial charge in [0.15, 0.2) is 13.2 Å². The van der Waals surface area contributed by atoms with Crippen LogP contribution in [0.5, 0.6) is 5.88 Å². The molecule has 7 nitrogen and oxygen atoms in total. The molecule has 116 valence electrons. The summed E-state index contributed by atoms with van der Waals surface area (Å²) >= 11 is 0. The minimum absolute atomic E-state index is 0.197. The smallest absolute Gasteiger partial charge is 0.344 e. The lowest BCUT2D eigenvalue weighted by Crippen LogP contribution is -2.29. The maximum Gasteiger partial charge on any atom is 0.344 e. The number of nitrogens with one attached hydrogen (secondary N) is 1. The van der Waals surface area contributed by atoms with Crippen molar-refractivity contribution < 1.29 is 23.6 Å². The van der Waals surface area contributed by atoms with E-state index in [0.29, 0.717) is 12.3 Å². The molecule has 1 amide bonds. The number of hydrogen-bond donors (Lipinski definition) is 1. The molecule has 0 saturated carbocycles. The molecule has 1 N–H and O–H groups in total. The molecule has 1 aromatic heterocycles. The van der Waals surface area contributed by atoms with Crippen LogP contribution in [-0.2, 0) is 20.9 Å². The zero-order valence-corrected chi connectivity index (χ0v) is 12.1. The molecule has 0 spiro atoms. The van der Waals surface area contributed by atoms with Gasteiger partial charge in [0, 0.05) is 12.6 Å². The Balaban J connectivity index is 1.62. The van der Waals surface area contributed by atoms with Crippen LogP contribution in [0.15, 0.2) is 40.9 Å². The van der Waals surface area contributed by atoms with E-state index in [4.69, 9.17) is 14.0 Å². The predicted molar refractivity (Wildman–Crippen MR) is 76.0 cm³/mol. The summed E-state index contributed by atoms with van der Waals surface area (Å²) in [5.41, 5.74) is 0.965. The minimum atomic E-state index is -0.657. The van der Waals surface area contributed by atoms with Crippen molar-refractivity contribution in [3.63, 3.8) is 0 Å². The van der Waals surface area contributed by atoms with Crippen LogP contribution in [0.1, 0.15) is 11.3 Å². The predicted octanol–water partition coefficient (Wildman–Crippen LogP) is 1.22. The molecule has 0 atom stereocenters. The summed E-state index contributed by atoms with van der Waals surface area (Å²) in [5.74, 6) is -0.267. The van der Waals surface area contributed by atoms with Crippen molar-refractivity contribution in [2.45, 2.75) is 13.5 Å². The second kappa shape index (κ2) is 7.82. The molecule has 0 aliphatic rings. The van der Waals surface area contributed by atoms with Crippen molar-refractivity contribution in [3.05, 3.63) is 47.7 Å². The molecule has 0 bridgehead atoms. The van der Waals surface area contributed by atoms with Crippen LogP contribution in [0.3, 0.4) is 0 Å². The van der Waals surface area contributed by atoms with Crippen molar-refractivity contribution in [2.75, 3.05) is 13.2 Å². The fraction of sp³-hybridized carbons (Fsp3) is 0.267. The Bertz CT molecular complexity index is 624. The first-order valence-corrected chi connectivity index (χ1v) is 6.66. The summed E-state index contributed by atoms with van der Waals surface area (Å²) in [6.07, 6.45) is 0. The number of aryl methyl sites for hydroxylation is 1. The second-order valence-electron chi connectivity index (χ2n) is 4.49. The first-order valence-electron chi connectivity index (χ1n) is 6.66. The molecule has 0 saturated heterocycles. The zero-order valence-electron chi connectivity index (χ0n) is 12.1. The first-order chi connectivity index (χ1) is 10.6. The fourth-order valence-corrected chi connectivity index (χ4v) is 1.58. The van der Waals surface area contributed by atoms with E-state index in [-0.39, 0.29) is 25.0 Å². The molecule has 1 aromatic carbocycles. The van der Waals surface area contributed by atoms with E-state index in [1.54, 1.807) is 13.0 Å². The van der Waals surface area contributed by atoms with Gasteiger partial charge in [0.25, 0.3) is 11.8 Å². The largest absolute Gasteiger partial charge is 0.463 e. The summed E-state index contributed by atoms with van der Waals surface area (Å²) < 4.78 is 14.6. The average Bonchev–Trinajstić information content (AvgIpc) is 2.95. The van der Waals surface area contributed by atoms with Crippen LogP contribution in [0.4, 0.5) is 0 Å². The van der Waals surface area contributed by atoms with Crippen molar-refractivity contribution in [1.82, 2.24) is 10.5 Å². The molecule has 0 aliphatic carbocycles. The van der Waals surface area contributed by atoms with Crippen LogP contribution in [0.2, 0.25) is 0 Å². The van der Waals surface area contributed by atoms with Crippen LogP contribution in [-0.4, -0.2) is 30.2 Å². The van der Waals surface area contributed by atoms with E-state index < -0.39 is 5.97 Å². The Morgan fingerprint density at radius 3 is 2.68 bits per heavy atom. The zero-order chi connectivity index (χ0) is 15.8. The minimum Gasteiger partial charge on any atom is -0.463 e. The lowest BCUT2D eigenvalue weighted by molar-refractivity contribution is -0.150. The summed E-state index contributed by atoms with van der Waals surface area (Å²) in [7, 11) is 0. The first kappa shape index (κ1) is 15.6. The number of aromatic nitrogens is 1. The number of hydrogen-bond acceptors (Lipinski definition) is 6. The number of esters is 1. The van der Waals surface area contributed by atoms with Crippen molar-refractivity contribution in [3.8, 4) is 5.88 Å². The summed E-state index contributed by atoms with van der Waals surface area (Å²) in [4.78, 5) is 23.0. The number of benzene rings is 1. The van der Waals surface area contributed by atoms with E-state index in [0.717, 1.165) is 5.56 Å². The molecule has 1 heterocycles. The van der Waals surface area contributed by atoms with Gasteiger partial charge in [0.05, 0.1) is 0 Å². The van der Waals surface area contributed by atoms with Gasteiger partial charge in [-0.3, -0.25) is 4.79 Å². The van der Waals surface area contributed by atoms with E-state index in [1.807, 2.05) is 30.3 Å². The SMILES string of the molecule is Cc1cc(OCC(=O)OCC(=O)NCc2ccccc2)no1. The van der Waals surface area contributed by atoms with Gasteiger partial charge in [0.2, 0.25) is 0 Å². The van der Waals surface area contributed by atoms with Crippen LogP contribution < -0.4 is 10.1 Å². The number of carbonyl (C=O) groups is 2. The van der Waals surface area contributed by atoms with Crippen molar-refractivity contribution >= 4 is 11.9 Å². The normalized spacial score (nSPS) is 10.0. The van der Waals surface area contributed by atoms with Gasteiger partial charge in [-0.1, -0.05) is 30.3 Å². The third kappa shape index (κ3) is 5.28. The monoisotopic (exact) mass is 304 g/mol. The topological polar surface area (TPSA) is 90.7 Å². The molecule has 0 unspecified atom stereocenters. The Hall–Kier alpha value is -2.83. The molecule has 7 heteroatoms. The Kier molecular flexibility index (Phi) is 5.53. The lowest BCUT2D eigenvalue weighted by Gasteiger charge is -2.06. The highest BCUT2D eigenvalue weighted by molar-refractivity contribution is 5.80. The van der Waals surface area contributed by atoms with Crippen LogP contribution in [0.25, 0.3) is 0 Å². The highest BCUT2D eigenvalue weighted by Crippen LogP contribution is 2.09. The third-order valence-corrected chi connectivity index (χ3v) is 2.64. The Labute approximate surface area is 127 Å². The maximum atomic E-state index is 11.5. The Morgan fingerprint density at radius 2 is 2.00 bits per heavy atom. The molecule has 0 radical (unpaired) electrons. The highest BCUT2D eigenvalue weighted by Gasteiger charge is 2.09. The molecule has 0 fully saturated rings. The quantitative estimate of drug-likeness (QED) is 0.773. The molecular weight excluding hydrogens is 288 g/mol. The van der Waals surface area contributed by atoms with Crippen LogP contribution in [0, 0.1) is 6.92 Å². The fourth-order valence-electron chi connectivity index (χ4n) is 1.58. The molecular formula is C15H16N2O5. The molecule has 2 aromatic rings. The highest BCUT2D eigenvalue weighted by atomic mass is 16.6. The standard InChI is InChI=1S/C15H16N2O5/c1-11-7-14(17-22-11)20-10-15(19)21-9-13(18)16-8-12-5-3-2-4-6-12/h2-7H,8-10H2,1H3,(H,16,18). The molecule has 0 aliphatic heterocycles. The van der Waals surface area contributed by atoms with E-state index >= 15 is 0 Å². The number of ether oxygens (including phenoxy) is 2. The lowest BCUT2D eigenvalue weighted by atomic mass is 10.2. The second-order valence-corrected chi connectivity index (χ2v) is 4.49. The van der Waals surface area contributed by atoms with Gasteiger partial charge >= 0.3 is 5.97 Å². The number of carbonyl (C=O) groups excluding carboxylic acids is 2. The molecule has 2 rings (SSSR count). The molecule has 22 heavy (non-hydrogen) atoms. The van der Waals surface area contributed by atoms with E-state index in [1.165, 1.54) is 0 Å². The number of amides is 1. The van der Waals surface area contributed by atoms with Gasteiger partial charge in [-0.25, -0.2) is 4.79 Å². The summed E-state index contributed by atoms with van der Waals surface area (Å²) in [6.45, 7) is 1.39. The number of rotatable bonds is 7. The van der Waals surface area contributed by atoms with Gasteiger partial charge in [0.1, 0.15) is 5.76 Å². The van der Waals surface area contributed by atoms with Gasteiger partial charge in [-0.2, -0.15) is 0 Å². The van der Waals surface area contributed by atoms with E-state index in [2.05, 4.69) is 10.5 Å². The summed E-state index contributed by atoms with van der Waals surface area (Å²) in [6, 6.07) is 11.0. The van der Waals surface area contributed by atoms with Gasteiger partial charge < -0.3 is 19.3 Å². The van der Waals surface area contributed by atoms with Crippen LogP contribution >= 0.6 is 0 Å². The number of nitrogens with zero attached hydrogens (tertiary/aromatic N) is 1. The summed E-state index contributed by atoms with van der Waals surface area (Å²) in [5, 5.41) is 6.21. The average molecular weight is 304 g/mol. The van der Waals surface area contributed by atoms with Gasteiger partial charge in [-0.05, 0) is 17.6 Å². The van der Waals surface area contributed by atoms with Crippen molar-refractivity contribution in [1.29, 1.82) is 0 Å².